The molecule has 0 radical (unpaired) electrons. The number of hydrogen-bond acceptors (Lipinski definition) is 2. The molecule has 5 aromatic carbocycles. The lowest BCUT2D eigenvalue weighted by molar-refractivity contribution is 0.702. The predicted molar refractivity (Wildman–Crippen MR) is 196 cm³/mol. The summed E-state index contributed by atoms with van der Waals surface area (Å²) in [5.74, 6) is 0. The Balaban J connectivity index is 1.12. The van der Waals surface area contributed by atoms with E-state index >= 15 is 0 Å². The first kappa shape index (κ1) is 28.2. The molecule has 0 aromatic heterocycles. The summed E-state index contributed by atoms with van der Waals surface area (Å²) in [4.78, 5) is 4.98. The number of benzene rings is 5. The second kappa shape index (κ2) is 12.6. The number of allylic oxidation sites excluding steroid dienone is 5. The Hall–Kier alpha value is -5.34. The summed E-state index contributed by atoms with van der Waals surface area (Å²) in [7, 11) is 0. The molecule has 0 spiro atoms. The maximum atomic E-state index is 2.51. The molecule has 224 valence electrons. The molecule has 1 unspecified atom stereocenters. The minimum Gasteiger partial charge on any atom is -0.334 e. The van der Waals surface area contributed by atoms with E-state index in [9.17, 15) is 0 Å². The van der Waals surface area contributed by atoms with Crippen LogP contribution in [0, 0.1) is 0 Å². The fourth-order valence-corrected chi connectivity index (χ4v) is 7.33. The first-order chi connectivity index (χ1) is 22.8. The number of nitrogens with zero attached hydrogens (tertiary/aromatic N) is 2. The third-order valence-electron chi connectivity index (χ3n) is 9.58. The normalized spacial score (nSPS) is 16.6. The van der Waals surface area contributed by atoms with E-state index in [4.69, 9.17) is 0 Å². The van der Waals surface area contributed by atoms with E-state index in [1.54, 1.807) is 0 Å². The molecule has 0 N–H and O–H groups in total. The van der Waals surface area contributed by atoms with Gasteiger partial charge in [0.25, 0.3) is 0 Å². The van der Waals surface area contributed by atoms with E-state index in [0.29, 0.717) is 0 Å². The maximum absolute atomic E-state index is 2.51. The Morgan fingerprint density at radius 1 is 0.543 bits per heavy atom. The topological polar surface area (TPSA) is 6.48 Å². The zero-order chi connectivity index (χ0) is 30.7. The van der Waals surface area contributed by atoms with Crippen LogP contribution in [0.25, 0.3) is 17.7 Å². The van der Waals surface area contributed by atoms with Gasteiger partial charge in [-0.05, 0) is 108 Å². The Morgan fingerprint density at radius 2 is 1.28 bits per heavy atom. The Kier molecular flexibility index (Phi) is 7.70. The van der Waals surface area contributed by atoms with Crippen molar-refractivity contribution in [1.82, 2.24) is 0 Å². The van der Waals surface area contributed by atoms with Crippen LogP contribution in [-0.4, -0.2) is 0 Å². The van der Waals surface area contributed by atoms with Crippen molar-refractivity contribution >= 4 is 40.5 Å². The first-order valence-corrected chi connectivity index (χ1v) is 16.6. The molecule has 46 heavy (non-hydrogen) atoms. The number of fused-ring (bicyclic) bond motifs is 2. The van der Waals surface area contributed by atoms with Crippen molar-refractivity contribution in [2.24, 2.45) is 0 Å². The van der Waals surface area contributed by atoms with Gasteiger partial charge >= 0.3 is 0 Å². The second-order valence-corrected chi connectivity index (χ2v) is 12.3. The van der Waals surface area contributed by atoms with Gasteiger partial charge in [-0.1, -0.05) is 115 Å². The number of anilines is 4. The van der Waals surface area contributed by atoms with Crippen molar-refractivity contribution < 1.29 is 0 Å². The molecule has 0 fully saturated rings. The monoisotopic (exact) mass is 594 g/mol. The van der Waals surface area contributed by atoms with Crippen LogP contribution in [0.1, 0.15) is 59.5 Å². The highest BCUT2D eigenvalue weighted by molar-refractivity contribution is 5.81. The summed E-state index contributed by atoms with van der Waals surface area (Å²) in [6, 6.07) is 46.7. The van der Waals surface area contributed by atoms with E-state index in [1.807, 2.05) is 0 Å². The second-order valence-electron chi connectivity index (χ2n) is 12.3. The lowest BCUT2D eigenvalue weighted by Gasteiger charge is -2.36. The molecule has 0 saturated heterocycles. The Labute approximate surface area is 273 Å². The molecule has 0 saturated carbocycles. The highest BCUT2D eigenvalue weighted by atomic mass is 15.2. The average Bonchev–Trinajstić information content (AvgIpc) is 3.14. The quantitative estimate of drug-likeness (QED) is 0.185. The van der Waals surface area contributed by atoms with Gasteiger partial charge < -0.3 is 9.80 Å². The maximum Gasteiger partial charge on any atom is 0.0631 e. The highest BCUT2D eigenvalue weighted by Gasteiger charge is 2.26. The minimum absolute atomic E-state index is 0.247. The minimum atomic E-state index is 0.247. The average molecular weight is 595 g/mol. The third-order valence-corrected chi connectivity index (χ3v) is 9.58. The van der Waals surface area contributed by atoms with Crippen LogP contribution in [0.2, 0.25) is 0 Å². The molecule has 3 aliphatic carbocycles. The van der Waals surface area contributed by atoms with Crippen LogP contribution in [0.3, 0.4) is 0 Å². The lowest BCUT2D eigenvalue weighted by atomic mass is 9.90. The molecule has 8 rings (SSSR count). The lowest BCUT2D eigenvalue weighted by Crippen LogP contribution is -2.25. The van der Waals surface area contributed by atoms with E-state index in [1.165, 1.54) is 61.8 Å². The van der Waals surface area contributed by atoms with Gasteiger partial charge in [0.1, 0.15) is 0 Å². The largest absolute Gasteiger partial charge is 0.334 e. The number of hydrogen-bond donors (Lipinski definition) is 0. The fraction of sp³-hybridized carbons (Fsp3) is 0.136. The molecular formula is C44H38N2. The molecule has 2 heteroatoms. The predicted octanol–water partition coefficient (Wildman–Crippen LogP) is 11.8. The zero-order valence-electron chi connectivity index (χ0n) is 26.1. The van der Waals surface area contributed by atoms with Crippen molar-refractivity contribution in [3.05, 3.63) is 185 Å². The molecular weight excluding hydrogens is 556 g/mol. The SMILES string of the molecule is C1=Cc2c(cccc2N(C2=CC=C(c3ccc(N(c4ccccc4)C4CC=Cc5ccccc54)cc3)CC2)c2ccccc2)CC1. The van der Waals surface area contributed by atoms with Crippen LogP contribution >= 0.6 is 0 Å². The molecule has 2 nitrogen and oxygen atoms in total. The van der Waals surface area contributed by atoms with Crippen molar-refractivity contribution in [3.63, 3.8) is 0 Å². The van der Waals surface area contributed by atoms with Crippen molar-refractivity contribution in [1.29, 1.82) is 0 Å². The van der Waals surface area contributed by atoms with Gasteiger partial charge in [0, 0.05) is 28.3 Å². The molecule has 0 amide bonds. The van der Waals surface area contributed by atoms with Crippen molar-refractivity contribution in [3.8, 4) is 0 Å². The fourth-order valence-electron chi connectivity index (χ4n) is 7.33. The zero-order valence-corrected chi connectivity index (χ0v) is 26.1. The number of rotatable bonds is 7. The van der Waals surface area contributed by atoms with Gasteiger partial charge in [0.2, 0.25) is 0 Å². The molecule has 1 atom stereocenters. The van der Waals surface area contributed by atoms with Gasteiger partial charge in [-0.15, -0.1) is 0 Å². The Morgan fingerprint density at radius 3 is 2.07 bits per heavy atom. The number of aryl methyl sites for hydroxylation is 1. The van der Waals surface area contributed by atoms with E-state index in [2.05, 4.69) is 174 Å². The molecule has 3 aliphatic rings. The smallest absolute Gasteiger partial charge is 0.0631 e. The van der Waals surface area contributed by atoms with Gasteiger partial charge in [0.05, 0.1) is 11.7 Å². The standard InChI is InChI=1S/C44H38N2/c1-3-17-37(18-4-1)45(43-23-11-15-35-13-7-9-21-41(35)43)39-29-25-33(26-30-39)34-27-31-40(32-28-34)46(38-19-5-2-6-20-38)44-24-12-16-36-14-8-10-22-42(36)44/h1-7,9-13,15-22,24-27,29-31,43H,8,14,23,28,32H2. The van der Waals surface area contributed by atoms with Crippen LogP contribution < -0.4 is 9.80 Å². The summed E-state index contributed by atoms with van der Waals surface area (Å²) >= 11 is 0. The van der Waals surface area contributed by atoms with Crippen molar-refractivity contribution in [2.75, 3.05) is 9.80 Å². The molecule has 0 aliphatic heterocycles. The first-order valence-electron chi connectivity index (χ1n) is 16.6. The summed E-state index contributed by atoms with van der Waals surface area (Å²) in [6.45, 7) is 0. The molecule has 5 aromatic rings. The number of para-hydroxylation sites is 2. The highest BCUT2D eigenvalue weighted by Crippen LogP contribution is 2.43. The van der Waals surface area contributed by atoms with Crippen LogP contribution in [0.4, 0.5) is 22.7 Å². The molecule has 0 heterocycles. The van der Waals surface area contributed by atoms with Gasteiger partial charge in [-0.3, -0.25) is 0 Å². The molecule has 0 bridgehead atoms. The summed E-state index contributed by atoms with van der Waals surface area (Å²) in [5.41, 5.74) is 14.4. The van der Waals surface area contributed by atoms with Gasteiger partial charge in [-0.25, -0.2) is 0 Å². The summed E-state index contributed by atoms with van der Waals surface area (Å²) in [5, 5.41) is 0. The third kappa shape index (κ3) is 5.41. The summed E-state index contributed by atoms with van der Waals surface area (Å²) < 4.78 is 0. The summed E-state index contributed by atoms with van der Waals surface area (Å²) in [6.07, 6.45) is 19.1. The van der Waals surface area contributed by atoms with Crippen LogP contribution in [0.5, 0.6) is 0 Å². The van der Waals surface area contributed by atoms with E-state index in [0.717, 1.165) is 32.1 Å². The van der Waals surface area contributed by atoms with Crippen LogP contribution in [0.15, 0.2) is 157 Å². The van der Waals surface area contributed by atoms with Gasteiger partial charge in [-0.2, -0.15) is 0 Å². The Bertz CT molecular complexity index is 1960. The van der Waals surface area contributed by atoms with E-state index in [-0.39, 0.29) is 6.04 Å². The van der Waals surface area contributed by atoms with Crippen LogP contribution in [-0.2, 0) is 6.42 Å². The van der Waals surface area contributed by atoms with E-state index < -0.39 is 0 Å². The van der Waals surface area contributed by atoms with Gasteiger partial charge in [0.15, 0.2) is 0 Å². The van der Waals surface area contributed by atoms with Crippen molar-refractivity contribution in [2.45, 2.75) is 38.1 Å².